The van der Waals surface area contributed by atoms with Crippen LogP contribution >= 0.6 is 0 Å². The first-order valence-corrected chi connectivity index (χ1v) is 5.50. The third-order valence-corrected chi connectivity index (χ3v) is 2.87. The smallest absolute Gasteiger partial charge is 0.0389 e. The molecular formula is C12H25. The molecule has 0 aromatic carbocycles. The van der Waals surface area contributed by atoms with Crippen LogP contribution in [0.5, 0.6) is 0 Å². The van der Waals surface area contributed by atoms with Gasteiger partial charge in [-0.2, -0.15) is 0 Å². The van der Waals surface area contributed by atoms with E-state index in [1.54, 1.807) is 0 Å². The third-order valence-electron chi connectivity index (χ3n) is 2.87. The fraction of sp³-hybridized carbons (Fsp3) is 0.917. The first-order chi connectivity index (χ1) is 5.70. The molecule has 12 heavy (non-hydrogen) atoms. The molecule has 0 heterocycles. The predicted molar refractivity (Wildman–Crippen MR) is 57.1 cm³/mol. The van der Waals surface area contributed by atoms with Crippen LogP contribution in [0.15, 0.2) is 0 Å². The van der Waals surface area contributed by atoms with Crippen LogP contribution in [0.2, 0.25) is 0 Å². The molecule has 0 aliphatic carbocycles. The molecule has 2 atom stereocenters. The summed E-state index contributed by atoms with van der Waals surface area (Å²) < 4.78 is 0. The summed E-state index contributed by atoms with van der Waals surface area (Å²) >= 11 is 0. The van der Waals surface area contributed by atoms with Crippen molar-refractivity contribution in [3.63, 3.8) is 0 Å². The Labute approximate surface area is 78.8 Å². The minimum absolute atomic E-state index is 0.821. The van der Waals surface area contributed by atoms with Gasteiger partial charge in [-0.3, -0.25) is 0 Å². The zero-order valence-electron chi connectivity index (χ0n) is 9.27. The van der Waals surface area contributed by atoms with E-state index in [1.807, 2.05) is 0 Å². The lowest BCUT2D eigenvalue weighted by molar-refractivity contribution is 0.459. The number of hydrogen-bond donors (Lipinski definition) is 0. The third kappa shape index (κ3) is 6.69. The fourth-order valence-corrected chi connectivity index (χ4v) is 1.33. The molecule has 0 amide bonds. The van der Waals surface area contributed by atoms with E-state index in [0.29, 0.717) is 0 Å². The van der Waals surface area contributed by atoms with Gasteiger partial charge in [-0.15, -0.1) is 0 Å². The summed E-state index contributed by atoms with van der Waals surface area (Å²) in [5.41, 5.74) is 0. The van der Waals surface area contributed by atoms with Crippen molar-refractivity contribution in [1.29, 1.82) is 0 Å². The Morgan fingerprint density at radius 1 is 1.08 bits per heavy atom. The molecule has 0 aliphatic rings. The van der Waals surface area contributed by atoms with Crippen LogP contribution in [-0.4, -0.2) is 0 Å². The zero-order valence-corrected chi connectivity index (χ0v) is 9.27. The monoisotopic (exact) mass is 169 g/mol. The van der Waals surface area contributed by atoms with Crippen molar-refractivity contribution in [3.8, 4) is 0 Å². The highest BCUT2D eigenvalue weighted by atomic mass is 14.1. The molecule has 0 fully saturated rings. The molecule has 0 aromatic rings. The van der Waals surface area contributed by atoms with Gasteiger partial charge >= 0.3 is 0 Å². The number of rotatable bonds is 7. The van der Waals surface area contributed by atoms with Crippen molar-refractivity contribution < 1.29 is 0 Å². The molecular weight excluding hydrogens is 144 g/mol. The maximum absolute atomic E-state index is 2.36. The molecule has 0 spiro atoms. The van der Waals surface area contributed by atoms with Crippen LogP contribution in [0.1, 0.15) is 59.8 Å². The van der Waals surface area contributed by atoms with E-state index in [1.165, 1.54) is 32.1 Å². The highest BCUT2D eigenvalue weighted by Gasteiger charge is 2.00. The quantitative estimate of drug-likeness (QED) is 0.494. The molecule has 0 aliphatic heterocycles. The minimum atomic E-state index is 0.821. The molecule has 0 bridgehead atoms. The van der Waals surface area contributed by atoms with Crippen molar-refractivity contribution in [1.82, 2.24) is 0 Å². The van der Waals surface area contributed by atoms with Crippen LogP contribution in [0.25, 0.3) is 0 Å². The second-order valence-corrected chi connectivity index (χ2v) is 4.11. The Bertz CT molecular complexity index is 74.0. The zero-order chi connectivity index (χ0) is 9.40. The van der Waals surface area contributed by atoms with Crippen molar-refractivity contribution in [2.24, 2.45) is 11.8 Å². The Hall–Kier alpha value is 0. The first kappa shape index (κ1) is 12.0. The highest BCUT2D eigenvalue weighted by Crippen LogP contribution is 2.15. The van der Waals surface area contributed by atoms with Crippen LogP contribution in [-0.2, 0) is 0 Å². The van der Waals surface area contributed by atoms with Crippen molar-refractivity contribution in [2.75, 3.05) is 0 Å². The molecule has 0 saturated heterocycles. The Morgan fingerprint density at radius 3 is 2.17 bits per heavy atom. The summed E-state index contributed by atoms with van der Waals surface area (Å²) in [6.07, 6.45) is 9.29. The maximum Gasteiger partial charge on any atom is -0.0389 e. The van der Waals surface area contributed by atoms with Gasteiger partial charge in [0.1, 0.15) is 0 Å². The summed E-state index contributed by atoms with van der Waals surface area (Å²) in [7, 11) is 0. The van der Waals surface area contributed by atoms with Gasteiger partial charge in [0.25, 0.3) is 0 Å². The molecule has 0 rings (SSSR count). The van der Waals surface area contributed by atoms with Crippen LogP contribution < -0.4 is 0 Å². The molecule has 0 heteroatoms. The summed E-state index contributed by atoms with van der Waals surface area (Å²) in [6, 6.07) is 0. The van der Waals surface area contributed by atoms with Gasteiger partial charge in [0, 0.05) is 0 Å². The van der Waals surface area contributed by atoms with Gasteiger partial charge in [-0.25, -0.2) is 0 Å². The fourth-order valence-electron chi connectivity index (χ4n) is 1.33. The standard InChI is InChI=1S/C12H25/c1-5-11(3)9-7-8-10-12(4)6-2/h5,11-12H,6-10H2,1-4H3. The second-order valence-electron chi connectivity index (χ2n) is 4.11. The van der Waals surface area contributed by atoms with E-state index in [9.17, 15) is 0 Å². The molecule has 1 radical (unpaired) electrons. The Morgan fingerprint density at radius 2 is 1.67 bits per heavy atom. The summed E-state index contributed by atoms with van der Waals surface area (Å²) in [5, 5.41) is 0. The normalized spacial score (nSPS) is 16.0. The average molecular weight is 169 g/mol. The summed E-state index contributed by atoms with van der Waals surface area (Å²) in [5.74, 6) is 1.76. The van der Waals surface area contributed by atoms with Gasteiger partial charge in [-0.1, -0.05) is 59.8 Å². The number of hydrogen-bond acceptors (Lipinski definition) is 0. The second kappa shape index (κ2) is 7.64. The molecule has 0 nitrogen and oxygen atoms in total. The van der Waals surface area contributed by atoms with Crippen molar-refractivity contribution in [2.45, 2.75) is 59.8 Å². The van der Waals surface area contributed by atoms with E-state index in [-0.39, 0.29) is 0 Å². The number of unbranched alkanes of at least 4 members (excludes halogenated alkanes) is 1. The SMILES string of the molecule is C[CH]C(C)CCCCC(C)CC. The van der Waals surface area contributed by atoms with Gasteiger partial charge in [0.05, 0.1) is 0 Å². The van der Waals surface area contributed by atoms with Crippen LogP contribution in [0, 0.1) is 18.3 Å². The lowest BCUT2D eigenvalue weighted by Gasteiger charge is -2.10. The highest BCUT2D eigenvalue weighted by molar-refractivity contribution is 4.66. The minimum Gasteiger partial charge on any atom is -0.0651 e. The molecule has 73 valence electrons. The van der Waals surface area contributed by atoms with Crippen LogP contribution in [0.3, 0.4) is 0 Å². The Kier molecular flexibility index (Phi) is 7.64. The van der Waals surface area contributed by atoms with Gasteiger partial charge < -0.3 is 0 Å². The predicted octanol–water partition coefficient (Wildman–Crippen LogP) is 4.45. The molecule has 0 N–H and O–H groups in total. The topological polar surface area (TPSA) is 0 Å². The largest absolute Gasteiger partial charge is 0.0651 e. The van der Waals surface area contributed by atoms with Crippen molar-refractivity contribution in [3.05, 3.63) is 6.42 Å². The van der Waals surface area contributed by atoms with E-state index in [4.69, 9.17) is 0 Å². The van der Waals surface area contributed by atoms with Gasteiger partial charge in [-0.05, 0) is 18.3 Å². The van der Waals surface area contributed by atoms with Crippen molar-refractivity contribution >= 4 is 0 Å². The lowest BCUT2D eigenvalue weighted by Crippen LogP contribution is -1.95. The molecule has 2 unspecified atom stereocenters. The van der Waals surface area contributed by atoms with E-state index < -0.39 is 0 Å². The average Bonchev–Trinajstić information content (AvgIpc) is 2.11. The van der Waals surface area contributed by atoms with Gasteiger partial charge in [0.15, 0.2) is 0 Å². The van der Waals surface area contributed by atoms with Crippen LogP contribution in [0.4, 0.5) is 0 Å². The van der Waals surface area contributed by atoms with E-state index >= 15 is 0 Å². The summed E-state index contributed by atoms with van der Waals surface area (Å²) in [4.78, 5) is 0. The Balaban J connectivity index is 3.10. The molecule has 0 saturated carbocycles. The lowest BCUT2D eigenvalue weighted by atomic mass is 9.97. The van der Waals surface area contributed by atoms with E-state index in [0.717, 1.165) is 11.8 Å². The summed E-state index contributed by atoms with van der Waals surface area (Å²) in [6.45, 7) is 9.12. The molecule has 0 aromatic heterocycles. The van der Waals surface area contributed by atoms with Gasteiger partial charge in [0.2, 0.25) is 0 Å². The van der Waals surface area contributed by atoms with E-state index in [2.05, 4.69) is 34.1 Å². The maximum atomic E-state index is 2.36. The first-order valence-electron chi connectivity index (χ1n) is 5.50.